The summed E-state index contributed by atoms with van der Waals surface area (Å²) in [5.74, 6) is 0.836. The van der Waals surface area contributed by atoms with Crippen LogP contribution in [0.1, 0.15) is 43.4 Å². The Morgan fingerprint density at radius 2 is 1.65 bits per heavy atom. The highest BCUT2D eigenvalue weighted by atomic mass is 15.0. The zero-order valence-corrected chi connectivity index (χ0v) is 12.0. The van der Waals surface area contributed by atoms with Crippen molar-refractivity contribution in [2.45, 2.75) is 38.3 Å². The fraction of sp³-hybridized carbons (Fsp3) is 0.389. The van der Waals surface area contributed by atoms with Gasteiger partial charge in [-0.25, -0.2) is 0 Å². The van der Waals surface area contributed by atoms with Gasteiger partial charge in [0.2, 0.25) is 0 Å². The lowest BCUT2D eigenvalue weighted by molar-refractivity contribution is 0.233. The van der Waals surface area contributed by atoms with Crippen LogP contribution >= 0.6 is 0 Å². The lowest BCUT2D eigenvalue weighted by atomic mass is 9.80. The minimum absolute atomic E-state index is 0.259. The van der Waals surface area contributed by atoms with E-state index in [0.29, 0.717) is 6.04 Å². The smallest absolute Gasteiger partial charge is 0.0579 e. The topological polar surface area (TPSA) is 24.9 Å². The quantitative estimate of drug-likeness (QED) is 0.886. The van der Waals surface area contributed by atoms with Crippen LogP contribution in [0.5, 0.6) is 0 Å². The largest absolute Gasteiger partial charge is 0.303 e. The molecular weight excluding hydrogens is 244 g/mol. The third-order valence-electron chi connectivity index (χ3n) is 4.46. The second-order valence-electron chi connectivity index (χ2n) is 5.77. The van der Waals surface area contributed by atoms with Crippen LogP contribution < -0.4 is 5.32 Å². The van der Waals surface area contributed by atoms with E-state index >= 15 is 0 Å². The lowest BCUT2D eigenvalue weighted by Gasteiger charge is -2.35. The predicted octanol–water partition coefficient (Wildman–Crippen LogP) is 3.95. The van der Waals surface area contributed by atoms with Gasteiger partial charge in [-0.15, -0.1) is 0 Å². The van der Waals surface area contributed by atoms with Gasteiger partial charge in [-0.2, -0.15) is 0 Å². The van der Waals surface area contributed by atoms with Gasteiger partial charge in [0.15, 0.2) is 0 Å². The van der Waals surface area contributed by atoms with Gasteiger partial charge < -0.3 is 5.32 Å². The van der Waals surface area contributed by atoms with E-state index in [1.165, 1.54) is 30.4 Å². The van der Waals surface area contributed by atoms with Crippen LogP contribution in [0.3, 0.4) is 0 Å². The molecule has 2 aromatic rings. The van der Waals surface area contributed by atoms with Crippen LogP contribution in [0.25, 0.3) is 0 Å². The molecule has 1 aliphatic rings. The Labute approximate surface area is 121 Å². The summed E-state index contributed by atoms with van der Waals surface area (Å²) in [5, 5.41) is 3.82. The summed E-state index contributed by atoms with van der Waals surface area (Å²) in [4.78, 5) is 4.14. The summed E-state index contributed by atoms with van der Waals surface area (Å²) < 4.78 is 0. The van der Waals surface area contributed by atoms with Crippen LogP contribution in [0.2, 0.25) is 0 Å². The maximum atomic E-state index is 4.14. The van der Waals surface area contributed by atoms with Gasteiger partial charge >= 0.3 is 0 Å². The number of nitrogens with one attached hydrogen (secondary N) is 1. The average molecular weight is 266 g/mol. The lowest BCUT2D eigenvalue weighted by Crippen LogP contribution is -2.39. The van der Waals surface area contributed by atoms with Crippen molar-refractivity contribution in [1.82, 2.24) is 10.3 Å². The SMILES string of the molecule is CC(NC(c1ccccc1)c1ccncc1)C1CCC1. The average Bonchev–Trinajstić information content (AvgIpc) is 2.45. The van der Waals surface area contributed by atoms with Crippen molar-refractivity contribution in [3.8, 4) is 0 Å². The Morgan fingerprint density at radius 3 is 2.25 bits per heavy atom. The zero-order valence-electron chi connectivity index (χ0n) is 12.0. The number of hydrogen-bond acceptors (Lipinski definition) is 2. The molecule has 0 aliphatic heterocycles. The highest BCUT2D eigenvalue weighted by Crippen LogP contribution is 2.31. The Morgan fingerprint density at radius 1 is 1.00 bits per heavy atom. The second-order valence-corrected chi connectivity index (χ2v) is 5.77. The van der Waals surface area contributed by atoms with Crippen molar-refractivity contribution in [2.24, 2.45) is 5.92 Å². The molecule has 0 saturated heterocycles. The van der Waals surface area contributed by atoms with Crippen molar-refractivity contribution in [1.29, 1.82) is 0 Å². The second kappa shape index (κ2) is 6.19. The van der Waals surface area contributed by atoms with E-state index in [1.807, 2.05) is 12.4 Å². The van der Waals surface area contributed by atoms with Gasteiger partial charge in [0.25, 0.3) is 0 Å². The predicted molar refractivity (Wildman–Crippen MR) is 82.5 cm³/mol. The molecule has 1 saturated carbocycles. The maximum absolute atomic E-state index is 4.14. The van der Waals surface area contributed by atoms with Gasteiger partial charge in [0.1, 0.15) is 0 Å². The Kier molecular flexibility index (Phi) is 4.12. The van der Waals surface area contributed by atoms with Gasteiger partial charge in [0.05, 0.1) is 6.04 Å². The van der Waals surface area contributed by atoms with Crippen molar-refractivity contribution in [3.63, 3.8) is 0 Å². The van der Waals surface area contributed by atoms with E-state index < -0.39 is 0 Å². The fourth-order valence-corrected chi connectivity index (χ4v) is 2.93. The number of aromatic nitrogens is 1. The molecule has 1 aromatic carbocycles. The van der Waals surface area contributed by atoms with Crippen LogP contribution in [-0.4, -0.2) is 11.0 Å². The number of nitrogens with zero attached hydrogens (tertiary/aromatic N) is 1. The van der Waals surface area contributed by atoms with E-state index in [-0.39, 0.29) is 6.04 Å². The number of benzene rings is 1. The minimum Gasteiger partial charge on any atom is -0.303 e. The molecule has 3 rings (SSSR count). The van der Waals surface area contributed by atoms with E-state index in [4.69, 9.17) is 0 Å². The number of pyridine rings is 1. The molecule has 1 N–H and O–H groups in total. The fourth-order valence-electron chi connectivity index (χ4n) is 2.93. The van der Waals surface area contributed by atoms with Crippen molar-refractivity contribution in [2.75, 3.05) is 0 Å². The van der Waals surface area contributed by atoms with Crippen molar-refractivity contribution >= 4 is 0 Å². The molecule has 1 heterocycles. The molecule has 2 unspecified atom stereocenters. The molecule has 104 valence electrons. The first-order valence-corrected chi connectivity index (χ1v) is 7.55. The van der Waals surface area contributed by atoms with Crippen molar-refractivity contribution < 1.29 is 0 Å². The molecule has 2 nitrogen and oxygen atoms in total. The number of rotatable bonds is 5. The van der Waals surface area contributed by atoms with Crippen molar-refractivity contribution in [3.05, 3.63) is 66.0 Å². The highest BCUT2D eigenvalue weighted by Gasteiger charge is 2.26. The molecule has 2 atom stereocenters. The molecule has 20 heavy (non-hydrogen) atoms. The van der Waals surface area contributed by atoms with E-state index in [9.17, 15) is 0 Å². The van der Waals surface area contributed by atoms with Gasteiger partial charge in [-0.1, -0.05) is 36.8 Å². The summed E-state index contributed by atoms with van der Waals surface area (Å²) in [5.41, 5.74) is 2.61. The summed E-state index contributed by atoms with van der Waals surface area (Å²) in [6.07, 6.45) is 7.88. The third kappa shape index (κ3) is 2.91. The normalized spacial score (nSPS) is 18.2. The summed E-state index contributed by atoms with van der Waals surface area (Å²) in [7, 11) is 0. The first-order chi connectivity index (χ1) is 9.84. The third-order valence-corrected chi connectivity index (χ3v) is 4.46. The van der Waals surface area contributed by atoms with E-state index in [2.05, 4.69) is 59.7 Å². The van der Waals surface area contributed by atoms with E-state index in [1.54, 1.807) is 0 Å². The number of hydrogen-bond donors (Lipinski definition) is 1. The maximum Gasteiger partial charge on any atom is 0.0579 e. The van der Waals surface area contributed by atoms with E-state index in [0.717, 1.165) is 5.92 Å². The van der Waals surface area contributed by atoms with Crippen LogP contribution in [0, 0.1) is 5.92 Å². The minimum atomic E-state index is 0.259. The van der Waals surface area contributed by atoms with Crippen LogP contribution in [-0.2, 0) is 0 Å². The van der Waals surface area contributed by atoms with Gasteiger partial charge in [0, 0.05) is 18.4 Å². The zero-order chi connectivity index (χ0) is 13.8. The first kappa shape index (κ1) is 13.3. The Hall–Kier alpha value is -1.67. The molecule has 0 radical (unpaired) electrons. The summed E-state index contributed by atoms with van der Waals surface area (Å²) in [6.45, 7) is 2.32. The molecule has 0 spiro atoms. The standard InChI is InChI=1S/C18H22N2/c1-14(15-8-5-9-15)20-18(16-6-3-2-4-7-16)17-10-12-19-13-11-17/h2-4,6-7,10-15,18,20H,5,8-9H2,1H3. The Balaban J connectivity index is 1.83. The molecule has 0 bridgehead atoms. The molecule has 0 amide bonds. The van der Waals surface area contributed by atoms with Crippen LogP contribution in [0.4, 0.5) is 0 Å². The molecule has 2 heteroatoms. The monoisotopic (exact) mass is 266 g/mol. The molecular formula is C18H22N2. The van der Waals surface area contributed by atoms with Crippen LogP contribution in [0.15, 0.2) is 54.9 Å². The van der Waals surface area contributed by atoms with Gasteiger partial charge in [-0.3, -0.25) is 4.98 Å². The summed E-state index contributed by atoms with van der Waals surface area (Å²) >= 11 is 0. The Bertz CT molecular complexity index is 480. The molecule has 1 aromatic heterocycles. The highest BCUT2D eigenvalue weighted by molar-refractivity contribution is 5.30. The first-order valence-electron chi connectivity index (χ1n) is 7.55. The van der Waals surface area contributed by atoms with Gasteiger partial charge in [-0.05, 0) is 48.9 Å². The summed E-state index contributed by atoms with van der Waals surface area (Å²) in [6, 6.07) is 15.7. The molecule has 1 aliphatic carbocycles. The molecule has 1 fully saturated rings.